The number of piperidine rings is 2. The van der Waals surface area contributed by atoms with Gasteiger partial charge in [0.1, 0.15) is 30.3 Å². The van der Waals surface area contributed by atoms with Crippen molar-refractivity contribution in [2.75, 3.05) is 51.3 Å². The zero-order valence-electron chi connectivity index (χ0n) is 33.8. The lowest BCUT2D eigenvalue weighted by Crippen LogP contribution is -2.54. The Bertz CT molecular complexity index is 1950. The number of para-hydroxylation sites is 1. The second-order valence-electron chi connectivity index (χ2n) is 16.2. The first-order valence-corrected chi connectivity index (χ1v) is 21.1. The van der Waals surface area contributed by atoms with Crippen molar-refractivity contribution in [3.8, 4) is 17.2 Å². The van der Waals surface area contributed by atoms with Crippen molar-refractivity contribution >= 4 is 23.8 Å². The molecule has 4 aliphatic heterocycles. The average Bonchev–Trinajstić information content (AvgIpc) is 3.61. The standard InChI is InChI=1S/C32H40N4O5.C10H12O.C6H6/c1-33-30(38)27(8-5-19-37)36-21-26-25(31(36)39)9-10-28-29(26)40-22-32(41-28)13-17-34(18-14-32)20-23-11-15-35(16-12-23)24-6-3-2-4-7-24;11-10-6-5-8-3-1-2-4-9(8)7-10;1-2-4-6-5-3-1/h2-4,6-7,9-10,19,23,27H,5,8,11-18,20-22H2,1H3,(H,33,38);5-7,11H,1-4H2;1-6H/t27-;;/m0../s1. The molecule has 0 bridgehead atoms. The number of likely N-dealkylation sites (N-methyl/N-ethyl adjacent to an activating group) is 1. The van der Waals surface area contributed by atoms with Crippen molar-refractivity contribution in [3.63, 3.8) is 0 Å². The Hall–Kier alpha value is -5.35. The maximum Gasteiger partial charge on any atom is 0.255 e. The summed E-state index contributed by atoms with van der Waals surface area (Å²) >= 11 is 0. The second-order valence-corrected chi connectivity index (χ2v) is 16.2. The van der Waals surface area contributed by atoms with E-state index in [1.807, 2.05) is 54.6 Å². The molecule has 4 heterocycles. The number of nitrogens with one attached hydrogen (secondary N) is 1. The van der Waals surface area contributed by atoms with Crippen LogP contribution in [0.3, 0.4) is 0 Å². The fraction of sp³-hybridized carbons (Fsp3) is 0.438. The lowest BCUT2D eigenvalue weighted by molar-refractivity contribution is -0.125. The molecule has 0 unspecified atom stereocenters. The van der Waals surface area contributed by atoms with E-state index in [1.165, 1.54) is 48.9 Å². The first-order chi connectivity index (χ1) is 28.4. The number of benzene rings is 4. The Morgan fingerprint density at radius 2 is 1.57 bits per heavy atom. The van der Waals surface area contributed by atoms with E-state index in [0.29, 0.717) is 29.4 Å². The van der Waals surface area contributed by atoms with E-state index in [0.717, 1.165) is 69.8 Å². The third-order valence-electron chi connectivity index (χ3n) is 12.4. The monoisotopic (exact) mass is 786 g/mol. The maximum absolute atomic E-state index is 13.2. The summed E-state index contributed by atoms with van der Waals surface area (Å²) in [7, 11) is 1.54. The summed E-state index contributed by atoms with van der Waals surface area (Å²) in [4.78, 5) is 43.4. The zero-order chi connectivity index (χ0) is 40.3. The fourth-order valence-electron chi connectivity index (χ4n) is 9.01. The van der Waals surface area contributed by atoms with Crippen molar-refractivity contribution in [1.29, 1.82) is 0 Å². The number of ether oxygens (including phenoxy) is 2. The van der Waals surface area contributed by atoms with E-state index in [4.69, 9.17) is 9.47 Å². The number of phenols is 1. The van der Waals surface area contributed by atoms with Crippen LogP contribution in [-0.2, 0) is 29.0 Å². The van der Waals surface area contributed by atoms with Crippen LogP contribution in [0.1, 0.15) is 78.4 Å². The molecule has 2 saturated heterocycles. The highest BCUT2D eigenvalue weighted by molar-refractivity contribution is 6.02. The highest BCUT2D eigenvalue weighted by Gasteiger charge is 2.45. The van der Waals surface area contributed by atoms with E-state index in [-0.39, 0.29) is 36.8 Å². The number of aldehydes is 1. The smallest absolute Gasteiger partial charge is 0.255 e. The number of rotatable bonds is 8. The molecule has 9 rings (SSSR count). The molecule has 10 heteroatoms. The molecule has 0 saturated carbocycles. The molecule has 306 valence electrons. The van der Waals surface area contributed by atoms with Crippen LogP contribution in [-0.4, -0.2) is 91.0 Å². The molecule has 1 spiro atoms. The quantitative estimate of drug-likeness (QED) is 0.180. The van der Waals surface area contributed by atoms with Crippen LogP contribution in [0.2, 0.25) is 0 Å². The van der Waals surface area contributed by atoms with Crippen molar-refractivity contribution in [2.45, 2.75) is 82.4 Å². The summed E-state index contributed by atoms with van der Waals surface area (Å²) in [6.45, 7) is 6.06. The first-order valence-electron chi connectivity index (χ1n) is 21.1. The summed E-state index contributed by atoms with van der Waals surface area (Å²) in [5, 5.41) is 11.8. The molecule has 0 aromatic heterocycles. The van der Waals surface area contributed by atoms with Crippen LogP contribution < -0.4 is 19.7 Å². The highest BCUT2D eigenvalue weighted by Crippen LogP contribution is 2.46. The largest absolute Gasteiger partial charge is 0.508 e. The third-order valence-corrected chi connectivity index (χ3v) is 12.4. The molecular weight excluding hydrogens is 729 g/mol. The molecule has 4 aromatic rings. The number of carbonyl (C=O) groups is 3. The Kier molecular flexibility index (Phi) is 13.7. The van der Waals surface area contributed by atoms with Gasteiger partial charge < -0.3 is 39.4 Å². The number of likely N-dealkylation sites (tertiary alicyclic amines) is 1. The van der Waals surface area contributed by atoms with Crippen molar-refractivity contribution in [1.82, 2.24) is 15.1 Å². The number of amides is 2. The van der Waals surface area contributed by atoms with E-state index < -0.39 is 6.04 Å². The minimum Gasteiger partial charge on any atom is -0.508 e. The zero-order valence-corrected chi connectivity index (χ0v) is 33.8. The van der Waals surface area contributed by atoms with Crippen LogP contribution in [0, 0.1) is 5.92 Å². The molecule has 10 nitrogen and oxygen atoms in total. The van der Waals surface area contributed by atoms with Gasteiger partial charge in [0.05, 0.1) is 6.54 Å². The minimum absolute atomic E-state index is 0.211. The molecule has 1 aliphatic carbocycles. The Morgan fingerprint density at radius 1 is 0.897 bits per heavy atom. The van der Waals surface area contributed by atoms with Gasteiger partial charge in [-0.15, -0.1) is 0 Å². The molecular formula is C48H58N4O6. The molecule has 58 heavy (non-hydrogen) atoms. The van der Waals surface area contributed by atoms with Gasteiger partial charge in [0, 0.05) is 75.8 Å². The number of carbonyl (C=O) groups excluding carboxylic acids is 3. The molecule has 1 atom stereocenters. The van der Waals surface area contributed by atoms with Gasteiger partial charge in [-0.2, -0.15) is 0 Å². The van der Waals surface area contributed by atoms with E-state index in [2.05, 4.69) is 45.4 Å². The SMILES string of the molecule is CNC(=O)[C@H](CCC=O)N1Cc2c(ccc3c2OCC2(CCN(CC4CCN(c5ccccc5)CC4)CC2)O3)C1=O.Oc1ccc2c(c1)CCCC2.c1ccccc1. The molecule has 2 fully saturated rings. The van der Waals surface area contributed by atoms with Gasteiger partial charge in [-0.05, 0) is 98.4 Å². The number of nitrogens with zero attached hydrogens (tertiary/aromatic N) is 3. The summed E-state index contributed by atoms with van der Waals surface area (Å²) in [6, 6.07) is 31.4. The molecule has 5 aliphatic rings. The number of phenolic OH excluding ortho intramolecular Hbond substituents is 1. The highest BCUT2D eigenvalue weighted by atomic mass is 16.6. The van der Waals surface area contributed by atoms with Crippen LogP contribution in [0.4, 0.5) is 5.69 Å². The van der Waals surface area contributed by atoms with Gasteiger partial charge in [0.15, 0.2) is 11.5 Å². The van der Waals surface area contributed by atoms with Gasteiger partial charge in [0.2, 0.25) is 5.91 Å². The Labute approximate surface area is 343 Å². The van der Waals surface area contributed by atoms with Crippen LogP contribution >= 0.6 is 0 Å². The Morgan fingerprint density at radius 3 is 2.24 bits per heavy atom. The molecule has 4 aromatic carbocycles. The normalized spacial score (nSPS) is 18.7. The van der Waals surface area contributed by atoms with E-state index in [9.17, 15) is 19.5 Å². The third kappa shape index (κ3) is 9.84. The van der Waals surface area contributed by atoms with Gasteiger partial charge >= 0.3 is 0 Å². The Balaban J connectivity index is 0.000000246. The molecule has 0 radical (unpaired) electrons. The lowest BCUT2D eigenvalue weighted by Gasteiger charge is -2.45. The van der Waals surface area contributed by atoms with E-state index >= 15 is 0 Å². The number of fused-ring (bicyclic) bond motifs is 4. The predicted octanol–water partition coefficient (Wildman–Crippen LogP) is 7.22. The van der Waals surface area contributed by atoms with Gasteiger partial charge in [-0.25, -0.2) is 0 Å². The summed E-state index contributed by atoms with van der Waals surface area (Å²) < 4.78 is 13.0. The van der Waals surface area contributed by atoms with Gasteiger partial charge in [-0.3, -0.25) is 9.59 Å². The van der Waals surface area contributed by atoms with E-state index in [1.54, 1.807) is 24.1 Å². The number of aromatic hydroxyl groups is 1. The number of aryl methyl sites for hydroxylation is 2. The average molecular weight is 787 g/mol. The van der Waals surface area contributed by atoms with Crippen molar-refractivity contribution in [2.24, 2.45) is 5.92 Å². The van der Waals surface area contributed by atoms with Crippen LogP contribution in [0.25, 0.3) is 0 Å². The molecule has 2 amide bonds. The van der Waals surface area contributed by atoms with Gasteiger partial charge in [-0.1, -0.05) is 60.7 Å². The topological polar surface area (TPSA) is 112 Å². The minimum atomic E-state index is -0.702. The summed E-state index contributed by atoms with van der Waals surface area (Å²) in [5.41, 5.74) is 5.04. The summed E-state index contributed by atoms with van der Waals surface area (Å²) in [5.74, 6) is 1.94. The predicted molar refractivity (Wildman–Crippen MR) is 227 cm³/mol. The van der Waals surface area contributed by atoms with Crippen molar-refractivity contribution < 1.29 is 29.0 Å². The number of anilines is 1. The van der Waals surface area contributed by atoms with Crippen LogP contribution in [0.5, 0.6) is 17.2 Å². The number of hydrogen-bond acceptors (Lipinski definition) is 8. The number of hydrogen-bond donors (Lipinski definition) is 2. The second kappa shape index (κ2) is 19.4. The maximum atomic E-state index is 13.2. The first kappa shape index (κ1) is 40.8. The summed E-state index contributed by atoms with van der Waals surface area (Å²) in [6.07, 6.45) is 10.4. The van der Waals surface area contributed by atoms with Crippen molar-refractivity contribution in [3.05, 3.63) is 119 Å². The lowest BCUT2D eigenvalue weighted by atomic mass is 9.89. The molecule has 2 N–H and O–H groups in total. The van der Waals surface area contributed by atoms with Crippen LogP contribution in [0.15, 0.2) is 97.1 Å². The van der Waals surface area contributed by atoms with Gasteiger partial charge in [0.25, 0.3) is 5.91 Å². The fourth-order valence-corrected chi connectivity index (χ4v) is 9.01.